The molecule has 23 nitrogen and oxygen atoms in total. The highest BCUT2D eigenvalue weighted by atomic mass is 16.8. The van der Waals surface area contributed by atoms with Crippen molar-refractivity contribution in [3.63, 3.8) is 0 Å². The first-order valence-electron chi connectivity index (χ1n) is 17.2. The number of carbonyl (C=O) groups excluding carboxylic acids is 9. The summed E-state index contributed by atoms with van der Waals surface area (Å²) in [5, 5.41) is 13.5. The van der Waals surface area contributed by atoms with Crippen LogP contribution in [0, 0.1) is 10.1 Å². The minimum Gasteiger partial charge on any atom is -0.463 e. The van der Waals surface area contributed by atoms with Crippen molar-refractivity contribution in [2.45, 2.75) is 117 Å². The van der Waals surface area contributed by atoms with Crippen molar-refractivity contribution in [1.29, 1.82) is 0 Å². The zero-order chi connectivity index (χ0) is 43.9. The van der Waals surface area contributed by atoms with Gasteiger partial charge in [-0.05, 0) is 5.56 Å². The Labute approximate surface area is 330 Å². The minimum atomic E-state index is -2.20. The minimum absolute atomic E-state index is 0.255. The highest BCUT2D eigenvalue weighted by Crippen LogP contribution is 2.33. The Morgan fingerprint density at radius 1 is 0.655 bits per heavy atom. The standard InChI is InChI=1S/C35H44N2O21/c1-16(38)49-14-26(51-18(3)40)29(30(53-20(5)42)32(55-22(7)44)34(46)36-13-24-9-11-25(12-10-24)37(47)48)58-35-33(56-23(8)45)31(54-21(6)43)28(52-19(4)41)27(57-35)15-50-17(2)39/h9-12,26-33,35H,13-15H2,1-8H3,(H,36,46)/t26-,27-,28+,29+,30+,31+,32+,33-,35+/m1/s1. The largest absolute Gasteiger partial charge is 0.463 e. The van der Waals surface area contributed by atoms with Gasteiger partial charge in [-0.2, -0.15) is 0 Å². The summed E-state index contributed by atoms with van der Waals surface area (Å²) in [6, 6.07) is 4.94. The maximum absolute atomic E-state index is 13.9. The van der Waals surface area contributed by atoms with Gasteiger partial charge >= 0.3 is 47.8 Å². The summed E-state index contributed by atoms with van der Waals surface area (Å²) in [4.78, 5) is 123. The fraction of sp³-hybridized carbons (Fsp3) is 0.571. The number of non-ortho nitro benzene ring substituents is 1. The van der Waals surface area contributed by atoms with Crippen LogP contribution in [-0.2, 0) is 97.1 Å². The predicted molar refractivity (Wildman–Crippen MR) is 185 cm³/mol. The zero-order valence-electron chi connectivity index (χ0n) is 32.6. The van der Waals surface area contributed by atoms with Gasteiger partial charge < -0.3 is 52.7 Å². The lowest BCUT2D eigenvalue weighted by atomic mass is 9.97. The molecule has 320 valence electrons. The van der Waals surface area contributed by atoms with Crippen molar-refractivity contribution < 1.29 is 95.4 Å². The van der Waals surface area contributed by atoms with E-state index in [9.17, 15) is 53.3 Å². The molecule has 0 aliphatic carbocycles. The molecule has 2 rings (SSSR count). The lowest BCUT2D eigenvalue weighted by Gasteiger charge is -2.46. The van der Waals surface area contributed by atoms with Crippen LogP contribution in [-0.4, -0.2) is 127 Å². The van der Waals surface area contributed by atoms with Crippen molar-refractivity contribution in [2.24, 2.45) is 0 Å². The van der Waals surface area contributed by atoms with Gasteiger partial charge in [0.2, 0.25) is 6.10 Å². The second-order valence-corrected chi connectivity index (χ2v) is 12.4. The fourth-order valence-electron chi connectivity index (χ4n) is 5.40. The maximum Gasteiger partial charge on any atom is 0.303 e. The Morgan fingerprint density at radius 2 is 1.17 bits per heavy atom. The van der Waals surface area contributed by atoms with E-state index in [1.54, 1.807) is 0 Å². The highest BCUT2D eigenvalue weighted by Gasteiger charge is 2.56. The average Bonchev–Trinajstić information content (AvgIpc) is 3.10. The molecule has 1 fully saturated rings. The number of hydrogen-bond donors (Lipinski definition) is 1. The molecule has 1 aromatic carbocycles. The Kier molecular flexibility index (Phi) is 18.6. The van der Waals surface area contributed by atoms with Crippen LogP contribution in [0.4, 0.5) is 5.69 Å². The molecule has 0 bridgehead atoms. The van der Waals surface area contributed by atoms with Crippen LogP contribution >= 0.6 is 0 Å². The van der Waals surface area contributed by atoms with Crippen LogP contribution in [0.25, 0.3) is 0 Å². The van der Waals surface area contributed by atoms with E-state index in [1.165, 1.54) is 12.1 Å². The van der Waals surface area contributed by atoms with Crippen molar-refractivity contribution in [3.05, 3.63) is 39.9 Å². The molecule has 58 heavy (non-hydrogen) atoms. The Balaban J connectivity index is 2.87. The van der Waals surface area contributed by atoms with E-state index in [4.69, 9.17) is 47.4 Å². The molecule has 0 spiro atoms. The summed E-state index contributed by atoms with van der Waals surface area (Å²) in [5.41, 5.74) is 0.0665. The molecule has 1 aromatic rings. The number of carbonyl (C=O) groups is 9. The number of ether oxygens (including phenoxy) is 10. The van der Waals surface area contributed by atoms with E-state index in [2.05, 4.69) is 5.32 Å². The molecule has 1 aliphatic heterocycles. The third-order valence-corrected chi connectivity index (χ3v) is 7.46. The van der Waals surface area contributed by atoms with E-state index in [1.807, 2.05) is 0 Å². The van der Waals surface area contributed by atoms with Crippen LogP contribution in [0.5, 0.6) is 0 Å². The van der Waals surface area contributed by atoms with Gasteiger partial charge in [0.15, 0.2) is 36.8 Å². The number of nitro benzene ring substituents is 1. The lowest BCUT2D eigenvalue weighted by Crippen LogP contribution is -2.65. The Bertz CT molecular complexity index is 1700. The highest BCUT2D eigenvalue weighted by molar-refractivity contribution is 5.84. The Hall–Kier alpha value is -6.23. The van der Waals surface area contributed by atoms with Crippen LogP contribution < -0.4 is 5.32 Å². The third-order valence-electron chi connectivity index (χ3n) is 7.46. The molecule has 9 atom stereocenters. The molecule has 0 saturated carbocycles. The van der Waals surface area contributed by atoms with E-state index >= 15 is 0 Å². The number of amides is 1. The molecule has 1 aliphatic rings. The number of esters is 8. The number of nitrogens with zero attached hydrogens (tertiary/aromatic N) is 1. The Morgan fingerprint density at radius 3 is 1.66 bits per heavy atom. The lowest BCUT2D eigenvalue weighted by molar-refractivity contribution is -0.384. The monoisotopic (exact) mass is 828 g/mol. The fourth-order valence-corrected chi connectivity index (χ4v) is 5.40. The number of rotatable bonds is 19. The molecular weight excluding hydrogens is 784 g/mol. The smallest absolute Gasteiger partial charge is 0.303 e. The summed E-state index contributed by atoms with van der Waals surface area (Å²) in [5.74, 6) is -9.28. The molecule has 0 radical (unpaired) electrons. The number of nitrogens with one attached hydrogen (secondary N) is 1. The quantitative estimate of drug-likeness (QED) is 0.0833. The second kappa shape index (κ2) is 22.5. The molecule has 1 heterocycles. The zero-order valence-corrected chi connectivity index (χ0v) is 32.6. The van der Waals surface area contributed by atoms with Crippen molar-refractivity contribution in [2.75, 3.05) is 13.2 Å². The van der Waals surface area contributed by atoms with Gasteiger partial charge in [0.25, 0.3) is 11.6 Å². The number of nitro groups is 1. The van der Waals surface area contributed by atoms with E-state index in [0.717, 1.165) is 67.5 Å². The number of hydrogen-bond acceptors (Lipinski definition) is 21. The van der Waals surface area contributed by atoms with Crippen LogP contribution in [0.1, 0.15) is 61.0 Å². The van der Waals surface area contributed by atoms with Gasteiger partial charge in [-0.25, -0.2) is 0 Å². The molecular formula is C35H44N2O21. The summed E-state index contributed by atoms with van der Waals surface area (Å²) in [7, 11) is 0. The summed E-state index contributed by atoms with van der Waals surface area (Å²) in [6.45, 7) is 5.64. The first-order valence-corrected chi connectivity index (χ1v) is 17.2. The molecule has 1 amide bonds. The van der Waals surface area contributed by atoms with Crippen molar-refractivity contribution >= 4 is 59.3 Å². The van der Waals surface area contributed by atoms with Crippen LogP contribution in [0.3, 0.4) is 0 Å². The SMILES string of the molecule is CC(=O)OC[C@H]1O[C@@H](O[C@H]([C@H](OC(C)=O)[C@H](OC(C)=O)C(=O)NCc2ccc([N+](=O)[O-])cc2)[C@@H](COC(C)=O)OC(C)=O)[C@H](OC(C)=O)[C@@H](OC(C)=O)[C@H]1OC(C)=O. The third kappa shape index (κ3) is 15.7. The van der Waals surface area contributed by atoms with Gasteiger partial charge in [-0.3, -0.25) is 53.3 Å². The average molecular weight is 829 g/mol. The topological polar surface area (TPSA) is 301 Å². The molecule has 1 saturated heterocycles. The van der Waals surface area contributed by atoms with Gasteiger partial charge in [0, 0.05) is 74.1 Å². The van der Waals surface area contributed by atoms with Crippen LogP contribution in [0.15, 0.2) is 24.3 Å². The van der Waals surface area contributed by atoms with Gasteiger partial charge in [-0.1, -0.05) is 12.1 Å². The normalized spacial score (nSPS) is 20.6. The van der Waals surface area contributed by atoms with Crippen LogP contribution in [0.2, 0.25) is 0 Å². The predicted octanol–water partition coefficient (Wildman–Crippen LogP) is 0.0375. The molecule has 23 heteroatoms. The van der Waals surface area contributed by atoms with Gasteiger partial charge in [0.05, 0.1) is 4.92 Å². The maximum atomic E-state index is 13.9. The van der Waals surface area contributed by atoms with Crippen molar-refractivity contribution in [1.82, 2.24) is 5.32 Å². The summed E-state index contributed by atoms with van der Waals surface area (Å²) < 4.78 is 54.8. The molecule has 0 unspecified atom stereocenters. The first-order chi connectivity index (χ1) is 27.1. The van der Waals surface area contributed by atoms with E-state index in [-0.39, 0.29) is 12.2 Å². The van der Waals surface area contributed by atoms with Gasteiger partial charge in [0.1, 0.15) is 25.4 Å². The number of benzene rings is 1. The van der Waals surface area contributed by atoms with Gasteiger partial charge in [-0.15, -0.1) is 0 Å². The van der Waals surface area contributed by atoms with E-state index in [0.29, 0.717) is 5.56 Å². The van der Waals surface area contributed by atoms with Crippen molar-refractivity contribution in [3.8, 4) is 0 Å². The first kappa shape index (κ1) is 47.9. The molecule has 0 aromatic heterocycles. The molecule has 1 N–H and O–H groups in total. The summed E-state index contributed by atoms with van der Waals surface area (Å²) >= 11 is 0. The second-order valence-electron chi connectivity index (χ2n) is 12.4. The van der Waals surface area contributed by atoms with E-state index < -0.39 is 127 Å². The summed E-state index contributed by atoms with van der Waals surface area (Å²) in [6.07, 6.45) is -17.4.